The molecule has 0 unspecified atom stereocenters. The molecule has 3 rings (SSSR count). The van der Waals surface area contributed by atoms with Gasteiger partial charge in [0.25, 0.3) is 5.91 Å². The highest BCUT2D eigenvalue weighted by molar-refractivity contribution is 6.30. The third kappa shape index (κ3) is 3.49. The standard InChI is InChI=1S/C17H11ClFN3O2/c18-11-2-1-3-13(10-11)20-17(24)16-15(23)8-9-22(21-16)14-6-4-12(19)5-7-14/h1-10H,(H,20,24). The van der Waals surface area contributed by atoms with E-state index in [1.54, 1.807) is 24.3 Å². The number of rotatable bonds is 3. The molecule has 1 N–H and O–H groups in total. The van der Waals surface area contributed by atoms with Crippen molar-refractivity contribution < 1.29 is 9.18 Å². The summed E-state index contributed by atoms with van der Waals surface area (Å²) in [5.41, 5.74) is 0.175. The van der Waals surface area contributed by atoms with Crippen molar-refractivity contribution >= 4 is 23.2 Å². The van der Waals surface area contributed by atoms with E-state index in [9.17, 15) is 14.0 Å². The second-order valence-corrected chi connectivity index (χ2v) is 5.35. The van der Waals surface area contributed by atoms with Gasteiger partial charge in [0.1, 0.15) is 5.82 Å². The molecule has 0 atom stereocenters. The molecule has 120 valence electrons. The molecular weight excluding hydrogens is 333 g/mol. The first-order valence-corrected chi connectivity index (χ1v) is 7.33. The fourth-order valence-corrected chi connectivity index (χ4v) is 2.25. The van der Waals surface area contributed by atoms with Crippen LogP contribution in [0.3, 0.4) is 0 Å². The summed E-state index contributed by atoms with van der Waals surface area (Å²) in [6, 6.07) is 13.3. The Labute approximate surface area is 141 Å². The fourth-order valence-electron chi connectivity index (χ4n) is 2.06. The Kier molecular flexibility index (Phi) is 4.39. The van der Waals surface area contributed by atoms with Crippen LogP contribution in [0.25, 0.3) is 5.69 Å². The van der Waals surface area contributed by atoms with Crippen LogP contribution >= 0.6 is 11.6 Å². The van der Waals surface area contributed by atoms with Crippen LogP contribution in [0.1, 0.15) is 10.5 Å². The predicted molar refractivity (Wildman–Crippen MR) is 89.2 cm³/mol. The van der Waals surface area contributed by atoms with Crippen molar-refractivity contribution in [1.82, 2.24) is 9.78 Å². The highest BCUT2D eigenvalue weighted by atomic mass is 35.5. The number of nitrogens with zero attached hydrogens (tertiary/aromatic N) is 2. The van der Waals surface area contributed by atoms with E-state index in [4.69, 9.17) is 11.6 Å². The van der Waals surface area contributed by atoms with Gasteiger partial charge in [-0.25, -0.2) is 9.07 Å². The monoisotopic (exact) mass is 343 g/mol. The van der Waals surface area contributed by atoms with Gasteiger partial charge in [-0.3, -0.25) is 9.59 Å². The lowest BCUT2D eigenvalue weighted by Gasteiger charge is -2.08. The summed E-state index contributed by atoms with van der Waals surface area (Å²) < 4.78 is 14.3. The minimum Gasteiger partial charge on any atom is -0.320 e. The van der Waals surface area contributed by atoms with Gasteiger partial charge >= 0.3 is 0 Å². The van der Waals surface area contributed by atoms with Gasteiger partial charge in [-0.1, -0.05) is 17.7 Å². The summed E-state index contributed by atoms with van der Waals surface area (Å²) in [6.45, 7) is 0. The number of hydrogen-bond acceptors (Lipinski definition) is 3. The van der Waals surface area contributed by atoms with Gasteiger partial charge in [-0.15, -0.1) is 0 Å². The van der Waals surface area contributed by atoms with Gasteiger partial charge in [0.05, 0.1) is 5.69 Å². The van der Waals surface area contributed by atoms with E-state index in [1.807, 2.05) is 0 Å². The number of carbonyl (C=O) groups is 1. The van der Waals surface area contributed by atoms with Gasteiger partial charge in [0, 0.05) is 23.0 Å². The molecule has 0 fully saturated rings. The number of nitrogens with one attached hydrogen (secondary N) is 1. The Morgan fingerprint density at radius 1 is 1.12 bits per heavy atom. The van der Waals surface area contributed by atoms with Crippen molar-refractivity contribution in [3.05, 3.63) is 87.6 Å². The molecule has 1 amide bonds. The molecule has 0 saturated carbocycles. The summed E-state index contributed by atoms with van der Waals surface area (Å²) in [7, 11) is 0. The number of amides is 1. The number of benzene rings is 2. The first-order chi connectivity index (χ1) is 11.5. The second kappa shape index (κ2) is 6.64. The van der Waals surface area contributed by atoms with Crippen LogP contribution in [0, 0.1) is 5.82 Å². The highest BCUT2D eigenvalue weighted by Crippen LogP contribution is 2.15. The van der Waals surface area contributed by atoms with Gasteiger partial charge in [-0.05, 0) is 42.5 Å². The second-order valence-electron chi connectivity index (χ2n) is 4.91. The minimum absolute atomic E-state index is 0.276. The van der Waals surface area contributed by atoms with Crippen LogP contribution < -0.4 is 10.7 Å². The lowest BCUT2D eigenvalue weighted by molar-refractivity contribution is 0.101. The summed E-state index contributed by atoms with van der Waals surface area (Å²) in [5, 5.41) is 7.05. The van der Waals surface area contributed by atoms with Gasteiger partial charge in [-0.2, -0.15) is 5.10 Å². The lowest BCUT2D eigenvalue weighted by Crippen LogP contribution is -2.25. The van der Waals surface area contributed by atoms with E-state index >= 15 is 0 Å². The summed E-state index contributed by atoms with van der Waals surface area (Å²) in [6.07, 6.45) is 1.41. The van der Waals surface area contributed by atoms with E-state index in [0.717, 1.165) is 0 Å². The van der Waals surface area contributed by atoms with Crippen LogP contribution in [-0.2, 0) is 0 Å². The number of hydrogen-bond donors (Lipinski definition) is 1. The highest BCUT2D eigenvalue weighted by Gasteiger charge is 2.14. The van der Waals surface area contributed by atoms with E-state index in [1.165, 1.54) is 41.2 Å². The normalized spacial score (nSPS) is 10.4. The molecule has 7 heteroatoms. The molecule has 5 nitrogen and oxygen atoms in total. The zero-order valence-electron chi connectivity index (χ0n) is 12.2. The van der Waals surface area contributed by atoms with Crippen molar-refractivity contribution in [1.29, 1.82) is 0 Å². The molecule has 0 aliphatic carbocycles. The van der Waals surface area contributed by atoms with Crippen molar-refractivity contribution in [2.24, 2.45) is 0 Å². The average Bonchev–Trinajstić information content (AvgIpc) is 2.56. The average molecular weight is 344 g/mol. The van der Waals surface area contributed by atoms with Crippen molar-refractivity contribution in [2.45, 2.75) is 0 Å². The Hall–Kier alpha value is -2.99. The molecular formula is C17H11ClFN3O2. The molecule has 3 aromatic rings. The third-order valence-electron chi connectivity index (χ3n) is 3.20. The first kappa shape index (κ1) is 15.9. The first-order valence-electron chi connectivity index (χ1n) is 6.96. The molecule has 1 aromatic heterocycles. The number of anilines is 1. The Bertz CT molecular complexity index is 955. The van der Waals surface area contributed by atoms with Crippen molar-refractivity contribution in [3.63, 3.8) is 0 Å². The largest absolute Gasteiger partial charge is 0.320 e. The molecule has 1 heterocycles. The van der Waals surface area contributed by atoms with Crippen molar-refractivity contribution in [2.75, 3.05) is 5.32 Å². The molecule has 24 heavy (non-hydrogen) atoms. The Morgan fingerprint density at radius 3 is 2.58 bits per heavy atom. The fraction of sp³-hybridized carbons (Fsp3) is 0. The zero-order valence-corrected chi connectivity index (χ0v) is 13.0. The topological polar surface area (TPSA) is 64.0 Å². The molecule has 0 aliphatic heterocycles. The van der Waals surface area contributed by atoms with Crippen LogP contribution in [0.4, 0.5) is 10.1 Å². The summed E-state index contributed by atoms with van der Waals surface area (Å²) in [5.74, 6) is -1.04. The van der Waals surface area contributed by atoms with Gasteiger partial charge in [0.15, 0.2) is 5.69 Å². The maximum Gasteiger partial charge on any atom is 0.280 e. The van der Waals surface area contributed by atoms with Crippen LogP contribution in [0.5, 0.6) is 0 Å². The van der Waals surface area contributed by atoms with E-state index < -0.39 is 17.2 Å². The maximum atomic E-state index is 13.0. The molecule has 0 saturated heterocycles. The Balaban J connectivity index is 1.92. The number of carbonyl (C=O) groups excluding carboxylic acids is 1. The third-order valence-corrected chi connectivity index (χ3v) is 3.43. The van der Waals surface area contributed by atoms with Crippen molar-refractivity contribution in [3.8, 4) is 5.69 Å². The minimum atomic E-state index is -0.654. The number of halogens is 2. The van der Waals surface area contributed by atoms with E-state index in [0.29, 0.717) is 16.4 Å². The molecule has 0 bridgehead atoms. The van der Waals surface area contributed by atoms with E-state index in [-0.39, 0.29) is 5.69 Å². The Morgan fingerprint density at radius 2 is 1.88 bits per heavy atom. The van der Waals surface area contributed by atoms with E-state index in [2.05, 4.69) is 10.4 Å². The van der Waals surface area contributed by atoms with Crippen LogP contribution in [0.15, 0.2) is 65.6 Å². The molecule has 0 spiro atoms. The predicted octanol–water partition coefficient (Wildman–Crippen LogP) is 3.28. The number of aromatic nitrogens is 2. The lowest BCUT2D eigenvalue weighted by atomic mass is 10.3. The van der Waals surface area contributed by atoms with Gasteiger partial charge in [0.2, 0.25) is 5.43 Å². The molecule has 2 aromatic carbocycles. The van der Waals surface area contributed by atoms with Crippen LogP contribution in [-0.4, -0.2) is 15.7 Å². The quantitative estimate of drug-likeness (QED) is 0.793. The van der Waals surface area contributed by atoms with Gasteiger partial charge < -0.3 is 5.32 Å². The summed E-state index contributed by atoms with van der Waals surface area (Å²) in [4.78, 5) is 24.2. The van der Waals surface area contributed by atoms with Crippen LogP contribution in [0.2, 0.25) is 5.02 Å². The molecule has 0 aliphatic rings. The molecule has 0 radical (unpaired) electrons. The summed E-state index contributed by atoms with van der Waals surface area (Å²) >= 11 is 5.86. The zero-order chi connectivity index (χ0) is 17.1. The SMILES string of the molecule is O=C(Nc1cccc(Cl)c1)c1nn(-c2ccc(F)cc2)ccc1=O. The smallest absolute Gasteiger partial charge is 0.280 e. The maximum absolute atomic E-state index is 13.0.